The third-order valence-corrected chi connectivity index (χ3v) is 4.84. The van der Waals surface area contributed by atoms with Gasteiger partial charge in [-0.1, -0.05) is 0 Å². The molecule has 14 heavy (non-hydrogen) atoms. The van der Waals surface area contributed by atoms with Gasteiger partial charge < -0.3 is 4.74 Å². The number of rotatable bonds is 2. The van der Waals surface area contributed by atoms with E-state index in [1.807, 2.05) is 12.3 Å². The maximum Gasteiger partial charge on any atom is 0.0901 e. The van der Waals surface area contributed by atoms with Crippen molar-refractivity contribution < 1.29 is 4.74 Å². The van der Waals surface area contributed by atoms with E-state index in [1.165, 1.54) is 23.4 Å². The first-order valence-electron chi connectivity index (χ1n) is 5.04. The Labute approximate surface area is 88.0 Å². The molecule has 1 aromatic rings. The lowest BCUT2D eigenvalue weighted by atomic mass is 10.3. The second-order valence-electron chi connectivity index (χ2n) is 3.77. The number of aryl methyl sites for hydroxylation is 1. The van der Waals surface area contributed by atoms with Crippen molar-refractivity contribution >= 4 is 10.9 Å². The lowest BCUT2D eigenvalue weighted by molar-refractivity contribution is 0.172. The van der Waals surface area contributed by atoms with Crippen LogP contribution in [0.5, 0.6) is 0 Å². The van der Waals surface area contributed by atoms with E-state index in [2.05, 4.69) is 24.2 Å². The van der Waals surface area contributed by atoms with Crippen molar-refractivity contribution in [2.75, 3.05) is 12.9 Å². The second-order valence-corrected chi connectivity index (χ2v) is 6.03. The summed E-state index contributed by atoms with van der Waals surface area (Å²) in [5.41, 5.74) is 1.74. The molecule has 2 rings (SSSR count). The molecule has 3 heteroatoms. The summed E-state index contributed by atoms with van der Waals surface area (Å²) in [5.74, 6) is 0. The summed E-state index contributed by atoms with van der Waals surface area (Å²) in [6, 6.07) is 4.23. The van der Waals surface area contributed by atoms with Gasteiger partial charge in [-0.25, -0.2) is 0 Å². The zero-order chi connectivity index (χ0) is 9.97. The molecule has 1 aliphatic heterocycles. The fourth-order valence-corrected chi connectivity index (χ4v) is 3.58. The van der Waals surface area contributed by atoms with E-state index in [-0.39, 0.29) is 10.9 Å². The summed E-state index contributed by atoms with van der Waals surface area (Å²) in [4.78, 5) is 4.43. The highest BCUT2D eigenvalue weighted by Gasteiger charge is 2.21. The van der Waals surface area contributed by atoms with Crippen LogP contribution < -0.4 is 0 Å². The minimum Gasteiger partial charge on any atom is -0.369 e. The quantitative estimate of drug-likeness (QED) is 0.759. The van der Waals surface area contributed by atoms with E-state index in [0.717, 1.165) is 6.61 Å². The van der Waals surface area contributed by atoms with Gasteiger partial charge in [-0.2, -0.15) is 10.9 Å². The average Bonchev–Trinajstić information content (AvgIpc) is 2.69. The van der Waals surface area contributed by atoms with Gasteiger partial charge in [0.1, 0.15) is 0 Å². The van der Waals surface area contributed by atoms with Crippen LogP contribution in [0, 0.1) is 6.92 Å². The molecule has 2 atom stereocenters. The van der Waals surface area contributed by atoms with E-state index in [4.69, 9.17) is 4.74 Å². The lowest BCUT2D eigenvalue weighted by Gasteiger charge is -2.22. The third kappa shape index (κ3) is 2.10. The van der Waals surface area contributed by atoms with Crippen molar-refractivity contribution in [3.63, 3.8) is 0 Å². The van der Waals surface area contributed by atoms with Gasteiger partial charge in [-0.15, -0.1) is 0 Å². The van der Waals surface area contributed by atoms with Crippen LogP contribution in [0.15, 0.2) is 23.4 Å². The summed E-state index contributed by atoms with van der Waals surface area (Å²) in [7, 11) is -0.226. The molecule has 2 heterocycles. The lowest BCUT2D eigenvalue weighted by Crippen LogP contribution is -2.06. The number of nitrogens with zero attached hydrogens (tertiary/aromatic N) is 1. The number of hydrogen-bond donors (Lipinski definition) is 1. The van der Waals surface area contributed by atoms with Crippen LogP contribution in [0.25, 0.3) is 0 Å². The number of thiol groups is 1. The zero-order valence-electron chi connectivity index (χ0n) is 8.73. The van der Waals surface area contributed by atoms with Gasteiger partial charge in [-0.05, 0) is 43.7 Å². The van der Waals surface area contributed by atoms with Crippen molar-refractivity contribution in [2.45, 2.75) is 30.2 Å². The van der Waals surface area contributed by atoms with Crippen LogP contribution in [0.3, 0.4) is 0 Å². The number of aromatic nitrogens is 1. The van der Waals surface area contributed by atoms with Gasteiger partial charge in [-0.3, -0.25) is 4.98 Å². The molecule has 0 radical (unpaired) electrons. The highest BCUT2D eigenvalue weighted by molar-refractivity contribution is 8.16. The molecule has 1 saturated heterocycles. The SMILES string of the molecule is Cc1ccnc([SH](C)C2CCCO2)c1. The molecule has 0 aliphatic carbocycles. The van der Waals surface area contributed by atoms with Gasteiger partial charge in [0.05, 0.1) is 10.5 Å². The van der Waals surface area contributed by atoms with Gasteiger partial charge in [0.25, 0.3) is 0 Å². The zero-order valence-corrected chi connectivity index (χ0v) is 9.63. The van der Waals surface area contributed by atoms with E-state index < -0.39 is 0 Å². The van der Waals surface area contributed by atoms with Crippen LogP contribution >= 0.6 is 10.9 Å². The standard InChI is InChI=1S/C11H17NOS/c1-9-5-6-12-10(8-9)14(2)11-4-3-7-13-11/h5-6,8,11,14H,3-4,7H2,1-2H3. The number of ether oxygens (including phenoxy) is 1. The summed E-state index contributed by atoms with van der Waals surface area (Å²) in [5, 5.41) is 1.23. The summed E-state index contributed by atoms with van der Waals surface area (Å²) in [6.07, 6.45) is 6.59. The van der Waals surface area contributed by atoms with Crippen molar-refractivity contribution in [1.29, 1.82) is 0 Å². The maximum absolute atomic E-state index is 5.70. The molecule has 1 aliphatic rings. The fraction of sp³-hybridized carbons (Fsp3) is 0.545. The van der Waals surface area contributed by atoms with Crippen LogP contribution in [0.4, 0.5) is 0 Å². The third-order valence-electron chi connectivity index (χ3n) is 2.60. The number of pyridine rings is 1. The van der Waals surface area contributed by atoms with Crippen LogP contribution in [0.2, 0.25) is 0 Å². The second kappa shape index (κ2) is 4.32. The molecule has 2 unspecified atom stereocenters. The van der Waals surface area contributed by atoms with Crippen molar-refractivity contribution in [3.05, 3.63) is 23.9 Å². The smallest absolute Gasteiger partial charge is 0.0901 e. The van der Waals surface area contributed by atoms with Crippen LogP contribution in [-0.2, 0) is 4.74 Å². The van der Waals surface area contributed by atoms with Gasteiger partial charge >= 0.3 is 0 Å². The predicted octanol–water partition coefficient (Wildman–Crippen LogP) is 2.52. The highest BCUT2D eigenvalue weighted by atomic mass is 32.2. The molecule has 78 valence electrons. The Morgan fingerprint density at radius 2 is 2.43 bits per heavy atom. The van der Waals surface area contributed by atoms with Crippen molar-refractivity contribution in [2.24, 2.45) is 0 Å². The highest BCUT2D eigenvalue weighted by Crippen LogP contribution is 2.41. The molecular formula is C11H17NOS. The van der Waals surface area contributed by atoms with E-state index in [0.29, 0.717) is 5.44 Å². The van der Waals surface area contributed by atoms with Crippen molar-refractivity contribution in [3.8, 4) is 0 Å². The maximum atomic E-state index is 5.70. The summed E-state index contributed by atoms with van der Waals surface area (Å²) < 4.78 is 5.70. The molecule has 0 saturated carbocycles. The molecule has 2 nitrogen and oxygen atoms in total. The Balaban J connectivity index is 2.13. The Bertz CT molecular complexity index is 310. The van der Waals surface area contributed by atoms with E-state index in [1.54, 1.807) is 0 Å². The molecule has 0 aromatic carbocycles. The normalized spacial score (nSPS) is 25.0. The number of hydrogen-bond acceptors (Lipinski definition) is 2. The van der Waals surface area contributed by atoms with Crippen LogP contribution in [0.1, 0.15) is 18.4 Å². The molecule has 1 aromatic heterocycles. The largest absolute Gasteiger partial charge is 0.369 e. The molecule has 0 spiro atoms. The average molecular weight is 211 g/mol. The summed E-state index contributed by atoms with van der Waals surface area (Å²) in [6.45, 7) is 3.05. The predicted molar refractivity (Wildman–Crippen MR) is 61.1 cm³/mol. The topological polar surface area (TPSA) is 22.1 Å². The Morgan fingerprint density at radius 3 is 3.07 bits per heavy atom. The first-order chi connectivity index (χ1) is 6.77. The van der Waals surface area contributed by atoms with Crippen LogP contribution in [-0.4, -0.2) is 23.3 Å². The minimum absolute atomic E-state index is 0.226. The van der Waals surface area contributed by atoms with E-state index >= 15 is 0 Å². The van der Waals surface area contributed by atoms with Gasteiger partial charge in [0, 0.05) is 12.8 Å². The molecule has 0 amide bonds. The molecular weight excluding hydrogens is 194 g/mol. The molecule has 0 N–H and O–H groups in total. The Morgan fingerprint density at radius 1 is 1.57 bits per heavy atom. The first-order valence-corrected chi connectivity index (χ1v) is 6.90. The minimum atomic E-state index is -0.226. The fourth-order valence-electron chi connectivity index (χ4n) is 1.73. The van der Waals surface area contributed by atoms with Gasteiger partial charge in [0.15, 0.2) is 0 Å². The van der Waals surface area contributed by atoms with E-state index in [9.17, 15) is 0 Å². The first kappa shape index (κ1) is 9.99. The van der Waals surface area contributed by atoms with Gasteiger partial charge in [0.2, 0.25) is 0 Å². The Kier molecular flexibility index (Phi) is 3.08. The molecule has 0 bridgehead atoms. The monoisotopic (exact) mass is 211 g/mol. The molecule has 1 fully saturated rings. The van der Waals surface area contributed by atoms with Crippen molar-refractivity contribution in [1.82, 2.24) is 4.98 Å². The Hall–Kier alpha value is -0.540. The summed E-state index contributed by atoms with van der Waals surface area (Å²) >= 11 is 0.